The summed E-state index contributed by atoms with van der Waals surface area (Å²) in [4.78, 5) is 2.59. The number of hydrogen-bond acceptors (Lipinski definition) is 2. The van der Waals surface area contributed by atoms with Gasteiger partial charge >= 0.3 is 0 Å². The molecule has 2 rings (SSSR count). The molecule has 0 radical (unpaired) electrons. The van der Waals surface area contributed by atoms with Crippen molar-refractivity contribution in [1.29, 1.82) is 0 Å². The summed E-state index contributed by atoms with van der Waals surface area (Å²) in [7, 11) is 0. The lowest BCUT2D eigenvalue weighted by atomic mass is 9.74. The Morgan fingerprint density at radius 2 is 1.62 bits per heavy atom. The third kappa shape index (κ3) is 2.60. The molecule has 0 bridgehead atoms. The minimum atomic E-state index is 0.238. The normalized spacial score (nSPS) is 35.4. The van der Waals surface area contributed by atoms with Crippen molar-refractivity contribution >= 4 is 0 Å². The van der Waals surface area contributed by atoms with E-state index in [1.807, 2.05) is 0 Å². The summed E-state index contributed by atoms with van der Waals surface area (Å²) >= 11 is 0. The molecule has 1 saturated carbocycles. The lowest BCUT2D eigenvalue weighted by molar-refractivity contribution is 0.0463. The molecule has 0 spiro atoms. The second-order valence-corrected chi connectivity index (χ2v) is 6.37. The SMILES string of the molecule is CC1CN(CC2(CO)CCCCC2)CC1C. The van der Waals surface area contributed by atoms with E-state index in [4.69, 9.17) is 0 Å². The second kappa shape index (κ2) is 5.05. The number of nitrogens with zero attached hydrogens (tertiary/aromatic N) is 1. The van der Waals surface area contributed by atoms with Crippen LogP contribution in [0.3, 0.4) is 0 Å². The summed E-state index contributed by atoms with van der Waals surface area (Å²) in [5.41, 5.74) is 0.238. The van der Waals surface area contributed by atoms with Crippen LogP contribution in [-0.4, -0.2) is 36.2 Å². The zero-order valence-electron chi connectivity index (χ0n) is 10.9. The lowest BCUT2D eigenvalue weighted by Crippen LogP contribution is -2.40. The molecule has 2 heteroatoms. The first-order chi connectivity index (χ1) is 7.65. The lowest BCUT2D eigenvalue weighted by Gasteiger charge is -2.38. The molecule has 94 valence electrons. The van der Waals surface area contributed by atoms with Crippen LogP contribution in [-0.2, 0) is 0 Å². The van der Waals surface area contributed by atoms with Crippen LogP contribution in [0.15, 0.2) is 0 Å². The van der Waals surface area contributed by atoms with Gasteiger partial charge in [0.1, 0.15) is 0 Å². The molecule has 1 aliphatic heterocycles. The van der Waals surface area contributed by atoms with Crippen molar-refractivity contribution in [2.45, 2.75) is 46.0 Å². The summed E-state index contributed by atoms with van der Waals surface area (Å²) in [6, 6.07) is 0. The number of rotatable bonds is 3. The molecular formula is C14H27NO. The van der Waals surface area contributed by atoms with Crippen molar-refractivity contribution in [2.75, 3.05) is 26.2 Å². The van der Waals surface area contributed by atoms with Gasteiger partial charge in [-0.15, -0.1) is 0 Å². The van der Waals surface area contributed by atoms with Gasteiger partial charge in [-0.2, -0.15) is 0 Å². The highest BCUT2D eigenvalue weighted by molar-refractivity contribution is 4.89. The molecule has 0 aromatic rings. The van der Waals surface area contributed by atoms with Gasteiger partial charge < -0.3 is 10.0 Å². The molecule has 1 heterocycles. The van der Waals surface area contributed by atoms with Gasteiger partial charge in [0.05, 0.1) is 0 Å². The summed E-state index contributed by atoms with van der Waals surface area (Å²) < 4.78 is 0. The first-order valence-corrected chi connectivity index (χ1v) is 6.98. The fourth-order valence-corrected chi connectivity index (χ4v) is 3.52. The first kappa shape index (κ1) is 12.4. The van der Waals surface area contributed by atoms with Gasteiger partial charge in [0.2, 0.25) is 0 Å². The smallest absolute Gasteiger partial charge is 0.0499 e. The average molecular weight is 225 g/mol. The van der Waals surface area contributed by atoms with E-state index in [9.17, 15) is 5.11 Å². The quantitative estimate of drug-likeness (QED) is 0.798. The maximum Gasteiger partial charge on any atom is 0.0499 e. The van der Waals surface area contributed by atoms with Crippen LogP contribution in [0, 0.1) is 17.3 Å². The van der Waals surface area contributed by atoms with Gasteiger partial charge in [0.15, 0.2) is 0 Å². The van der Waals surface area contributed by atoms with Crippen molar-refractivity contribution in [3.8, 4) is 0 Å². The maximum atomic E-state index is 9.71. The molecule has 2 nitrogen and oxygen atoms in total. The van der Waals surface area contributed by atoms with Gasteiger partial charge in [-0.1, -0.05) is 33.1 Å². The Labute approximate surface area is 100 Å². The standard InChI is InChI=1S/C14H27NO/c1-12-8-15(9-13(12)2)10-14(11-16)6-4-3-5-7-14/h12-13,16H,3-11H2,1-2H3. The third-order valence-corrected chi connectivity index (χ3v) is 4.87. The maximum absolute atomic E-state index is 9.71. The minimum Gasteiger partial charge on any atom is -0.396 e. The predicted octanol–water partition coefficient (Wildman–Crippen LogP) is 2.52. The molecule has 0 aromatic carbocycles. The van der Waals surface area contributed by atoms with Crippen LogP contribution in [0.5, 0.6) is 0 Å². The highest BCUT2D eigenvalue weighted by Gasteiger charge is 2.36. The van der Waals surface area contributed by atoms with E-state index >= 15 is 0 Å². The summed E-state index contributed by atoms with van der Waals surface area (Å²) in [5.74, 6) is 1.67. The molecular weight excluding hydrogens is 198 g/mol. The van der Waals surface area contributed by atoms with Crippen LogP contribution in [0.25, 0.3) is 0 Å². The van der Waals surface area contributed by atoms with Crippen LogP contribution in [0.4, 0.5) is 0 Å². The Balaban J connectivity index is 1.91. The fourth-order valence-electron chi connectivity index (χ4n) is 3.52. The molecule has 1 N–H and O–H groups in total. The molecule has 2 unspecified atom stereocenters. The predicted molar refractivity (Wildman–Crippen MR) is 67.4 cm³/mol. The summed E-state index contributed by atoms with van der Waals surface area (Å²) in [6.45, 7) is 8.73. The Morgan fingerprint density at radius 1 is 1.06 bits per heavy atom. The number of likely N-dealkylation sites (tertiary alicyclic amines) is 1. The zero-order valence-corrected chi connectivity index (χ0v) is 10.9. The fraction of sp³-hybridized carbons (Fsp3) is 1.00. The van der Waals surface area contributed by atoms with Crippen molar-refractivity contribution in [2.24, 2.45) is 17.3 Å². The molecule has 2 aliphatic rings. The highest BCUT2D eigenvalue weighted by Crippen LogP contribution is 2.38. The minimum absolute atomic E-state index is 0.238. The van der Waals surface area contributed by atoms with Gasteiger partial charge in [0, 0.05) is 31.7 Å². The molecule has 0 aromatic heterocycles. The van der Waals surface area contributed by atoms with Gasteiger partial charge in [0.25, 0.3) is 0 Å². The first-order valence-electron chi connectivity index (χ1n) is 6.98. The summed E-state index contributed by atoms with van der Waals surface area (Å²) in [6.07, 6.45) is 6.49. The topological polar surface area (TPSA) is 23.5 Å². The van der Waals surface area contributed by atoms with E-state index < -0.39 is 0 Å². The van der Waals surface area contributed by atoms with Crippen LogP contribution < -0.4 is 0 Å². The largest absolute Gasteiger partial charge is 0.396 e. The van der Waals surface area contributed by atoms with E-state index in [-0.39, 0.29) is 5.41 Å². The Kier molecular flexibility index (Phi) is 3.91. The van der Waals surface area contributed by atoms with E-state index in [1.54, 1.807) is 0 Å². The van der Waals surface area contributed by atoms with E-state index in [0.717, 1.165) is 18.4 Å². The van der Waals surface area contributed by atoms with Gasteiger partial charge in [-0.05, 0) is 24.7 Å². The van der Waals surface area contributed by atoms with Gasteiger partial charge in [-0.3, -0.25) is 0 Å². The van der Waals surface area contributed by atoms with E-state index in [2.05, 4.69) is 18.7 Å². The second-order valence-electron chi connectivity index (χ2n) is 6.37. The molecule has 1 aliphatic carbocycles. The highest BCUT2D eigenvalue weighted by atomic mass is 16.3. The third-order valence-electron chi connectivity index (χ3n) is 4.87. The van der Waals surface area contributed by atoms with Crippen molar-refractivity contribution < 1.29 is 5.11 Å². The number of aliphatic hydroxyl groups excluding tert-OH is 1. The summed E-state index contributed by atoms with van der Waals surface area (Å²) in [5, 5.41) is 9.71. The van der Waals surface area contributed by atoms with E-state index in [0.29, 0.717) is 6.61 Å². The van der Waals surface area contributed by atoms with Crippen molar-refractivity contribution in [1.82, 2.24) is 4.90 Å². The Morgan fingerprint density at radius 3 is 2.12 bits per heavy atom. The van der Waals surface area contributed by atoms with Crippen molar-refractivity contribution in [3.05, 3.63) is 0 Å². The van der Waals surface area contributed by atoms with Gasteiger partial charge in [-0.25, -0.2) is 0 Å². The number of aliphatic hydroxyl groups is 1. The van der Waals surface area contributed by atoms with Crippen molar-refractivity contribution in [3.63, 3.8) is 0 Å². The van der Waals surface area contributed by atoms with Crippen LogP contribution in [0.2, 0.25) is 0 Å². The molecule has 16 heavy (non-hydrogen) atoms. The number of hydrogen-bond donors (Lipinski definition) is 1. The molecule has 2 atom stereocenters. The molecule has 2 fully saturated rings. The average Bonchev–Trinajstić information content (AvgIpc) is 2.59. The Bertz CT molecular complexity index is 213. The van der Waals surface area contributed by atoms with Crippen LogP contribution >= 0.6 is 0 Å². The molecule has 1 saturated heterocycles. The van der Waals surface area contributed by atoms with E-state index in [1.165, 1.54) is 45.2 Å². The zero-order chi connectivity index (χ0) is 11.6. The molecule has 0 amide bonds. The van der Waals surface area contributed by atoms with Crippen LogP contribution in [0.1, 0.15) is 46.0 Å². The monoisotopic (exact) mass is 225 g/mol. The Hall–Kier alpha value is -0.0800.